The maximum Gasteiger partial charge on any atom is 0.232 e. The number of furan rings is 1. The van der Waals surface area contributed by atoms with Gasteiger partial charge in [0.1, 0.15) is 17.4 Å². The number of anilines is 2. The van der Waals surface area contributed by atoms with Gasteiger partial charge in [0, 0.05) is 29.8 Å². The Labute approximate surface area is 197 Å². The normalized spacial score (nSPS) is 15.2. The van der Waals surface area contributed by atoms with Gasteiger partial charge >= 0.3 is 0 Å². The van der Waals surface area contributed by atoms with Crippen LogP contribution in [0.25, 0.3) is 22.5 Å². The first-order chi connectivity index (χ1) is 16.7. The Morgan fingerprint density at radius 1 is 0.912 bits per heavy atom. The van der Waals surface area contributed by atoms with Crippen molar-refractivity contribution in [2.45, 2.75) is 6.42 Å². The maximum absolute atomic E-state index is 13.1. The summed E-state index contributed by atoms with van der Waals surface area (Å²) in [7, 11) is 0. The molecule has 6 nitrogen and oxygen atoms in total. The molecule has 1 N–H and O–H groups in total. The Morgan fingerprint density at radius 2 is 1.50 bits per heavy atom. The molecule has 0 spiro atoms. The van der Waals surface area contributed by atoms with Gasteiger partial charge in [0.2, 0.25) is 17.7 Å². The molecule has 0 bridgehead atoms. The number of nitrogens with zero attached hydrogens (tertiary/aromatic N) is 2. The van der Waals surface area contributed by atoms with Crippen molar-refractivity contribution in [1.29, 1.82) is 5.26 Å². The van der Waals surface area contributed by atoms with E-state index in [4.69, 9.17) is 4.42 Å². The van der Waals surface area contributed by atoms with E-state index in [9.17, 15) is 14.9 Å². The third-order valence-corrected chi connectivity index (χ3v) is 5.92. The minimum atomic E-state index is -0.551. The van der Waals surface area contributed by atoms with Crippen LogP contribution < -0.4 is 10.2 Å². The van der Waals surface area contributed by atoms with Gasteiger partial charge in [0.25, 0.3) is 0 Å². The van der Waals surface area contributed by atoms with E-state index in [-0.39, 0.29) is 36.2 Å². The summed E-state index contributed by atoms with van der Waals surface area (Å²) in [5.74, 6) is -0.412. The lowest BCUT2D eigenvalue weighted by atomic mass is 9.98. The van der Waals surface area contributed by atoms with Crippen LogP contribution in [0.3, 0.4) is 0 Å². The summed E-state index contributed by atoms with van der Waals surface area (Å²) >= 11 is 0. The zero-order chi connectivity index (χ0) is 23.5. The minimum absolute atomic E-state index is 0.0933. The number of carbonyl (C=O) groups is 2. The van der Waals surface area contributed by atoms with Crippen LogP contribution in [0.1, 0.15) is 12.0 Å². The molecule has 34 heavy (non-hydrogen) atoms. The molecule has 1 fully saturated rings. The van der Waals surface area contributed by atoms with Crippen LogP contribution in [0.5, 0.6) is 0 Å². The number of benzene rings is 3. The van der Waals surface area contributed by atoms with Crippen molar-refractivity contribution in [1.82, 2.24) is 0 Å². The van der Waals surface area contributed by atoms with Gasteiger partial charge in [0.05, 0.1) is 5.92 Å². The first-order valence-corrected chi connectivity index (χ1v) is 11.0. The van der Waals surface area contributed by atoms with E-state index in [1.807, 2.05) is 91.0 Å². The fourth-order valence-corrected chi connectivity index (χ4v) is 4.25. The Bertz CT molecular complexity index is 1370. The number of para-hydroxylation sites is 1. The molecule has 1 atom stereocenters. The summed E-state index contributed by atoms with van der Waals surface area (Å²) in [6, 6.07) is 30.4. The molecule has 1 aromatic heterocycles. The second-order valence-corrected chi connectivity index (χ2v) is 8.08. The molecule has 5 rings (SSSR count). The quantitative estimate of drug-likeness (QED) is 0.439. The first kappa shape index (κ1) is 21.2. The van der Waals surface area contributed by atoms with E-state index in [1.165, 1.54) is 0 Å². The number of amides is 2. The predicted molar refractivity (Wildman–Crippen MR) is 130 cm³/mol. The largest absolute Gasteiger partial charge is 0.438 e. The highest BCUT2D eigenvalue weighted by atomic mass is 16.4. The summed E-state index contributed by atoms with van der Waals surface area (Å²) in [6.45, 7) is 0.272. The van der Waals surface area contributed by atoms with E-state index < -0.39 is 5.92 Å². The summed E-state index contributed by atoms with van der Waals surface area (Å²) in [5.41, 5.74) is 3.25. The molecule has 4 aromatic rings. The van der Waals surface area contributed by atoms with Gasteiger partial charge < -0.3 is 9.32 Å². The van der Waals surface area contributed by atoms with E-state index in [1.54, 1.807) is 4.90 Å². The van der Waals surface area contributed by atoms with Gasteiger partial charge in [0.15, 0.2) is 0 Å². The summed E-state index contributed by atoms with van der Waals surface area (Å²) in [6.07, 6.45) is 0.0976. The molecule has 0 saturated carbocycles. The third-order valence-electron chi connectivity index (χ3n) is 5.92. The van der Waals surface area contributed by atoms with Crippen LogP contribution in [-0.4, -0.2) is 18.4 Å². The summed E-state index contributed by atoms with van der Waals surface area (Å²) < 4.78 is 6.09. The number of carbonyl (C=O) groups excluding carboxylic acids is 2. The van der Waals surface area contributed by atoms with Crippen molar-refractivity contribution in [3.63, 3.8) is 0 Å². The average Bonchev–Trinajstić information content (AvgIpc) is 3.46. The van der Waals surface area contributed by atoms with Crippen LogP contribution in [0.4, 0.5) is 11.6 Å². The van der Waals surface area contributed by atoms with Crippen molar-refractivity contribution in [3.05, 3.63) is 96.6 Å². The van der Waals surface area contributed by atoms with Crippen molar-refractivity contribution < 1.29 is 14.0 Å². The van der Waals surface area contributed by atoms with Crippen LogP contribution in [0.2, 0.25) is 0 Å². The number of rotatable bonds is 5. The van der Waals surface area contributed by atoms with Gasteiger partial charge in [-0.15, -0.1) is 0 Å². The van der Waals surface area contributed by atoms with E-state index in [0.29, 0.717) is 11.3 Å². The van der Waals surface area contributed by atoms with Crippen molar-refractivity contribution in [3.8, 4) is 28.5 Å². The lowest BCUT2D eigenvalue weighted by Crippen LogP contribution is -2.28. The fourth-order valence-electron chi connectivity index (χ4n) is 4.25. The highest BCUT2D eigenvalue weighted by molar-refractivity contribution is 6.04. The second-order valence-electron chi connectivity index (χ2n) is 8.08. The summed E-state index contributed by atoms with van der Waals surface area (Å²) in [4.78, 5) is 27.3. The van der Waals surface area contributed by atoms with Gasteiger partial charge in [-0.05, 0) is 17.7 Å². The molecule has 3 aromatic carbocycles. The van der Waals surface area contributed by atoms with Gasteiger partial charge in [-0.1, -0.05) is 78.9 Å². The molecule has 1 saturated heterocycles. The average molecular weight is 447 g/mol. The molecule has 0 radical (unpaired) electrons. The molecular formula is C28H21N3O3. The van der Waals surface area contributed by atoms with Crippen LogP contribution in [0.15, 0.2) is 95.4 Å². The molecule has 1 aliphatic rings. The topological polar surface area (TPSA) is 86.3 Å². The van der Waals surface area contributed by atoms with Gasteiger partial charge in [-0.2, -0.15) is 5.26 Å². The summed E-state index contributed by atoms with van der Waals surface area (Å²) in [5, 5.41) is 12.8. The Morgan fingerprint density at radius 3 is 2.12 bits per heavy atom. The second kappa shape index (κ2) is 9.08. The first-order valence-electron chi connectivity index (χ1n) is 11.0. The lowest BCUT2D eigenvalue weighted by molar-refractivity contribution is -0.122. The molecule has 0 unspecified atom stereocenters. The maximum atomic E-state index is 13.1. The van der Waals surface area contributed by atoms with Crippen molar-refractivity contribution in [2.24, 2.45) is 5.92 Å². The van der Waals surface area contributed by atoms with E-state index in [2.05, 4.69) is 11.4 Å². The zero-order valence-electron chi connectivity index (χ0n) is 18.3. The number of nitrogens with one attached hydrogen (secondary N) is 1. The smallest absolute Gasteiger partial charge is 0.232 e. The molecule has 166 valence electrons. The molecule has 2 amide bonds. The Balaban J connectivity index is 1.48. The van der Waals surface area contributed by atoms with Gasteiger partial charge in [-0.25, -0.2) is 0 Å². The van der Waals surface area contributed by atoms with Crippen LogP contribution in [-0.2, 0) is 9.59 Å². The third kappa shape index (κ3) is 3.96. The molecule has 2 heterocycles. The number of hydrogen-bond donors (Lipinski definition) is 1. The monoisotopic (exact) mass is 447 g/mol. The molecule has 0 aliphatic carbocycles. The highest BCUT2D eigenvalue weighted by Gasteiger charge is 2.36. The van der Waals surface area contributed by atoms with Crippen molar-refractivity contribution in [2.75, 3.05) is 16.8 Å². The lowest BCUT2D eigenvalue weighted by Gasteiger charge is -2.16. The van der Waals surface area contributed by atoms with E-state index >= 15 is 0 Å². The van der Waals surface area contributed by atoms with Crippen molar-refractivity contribution >= 4 is 23.4 Å². The standard InChI is InChI=1S/C28H21N3O3/c29-17-23-25(19-10-4-1-5-11-19)26(20-12-6-2-7-13-20)34-28(23)30-27(33)21-16-24(32)31(18-21)22-14-8-3-9-15-22/h1-15,21H,16,18H2,(H,30,33)/t21-/m1/s1. The Kier molecular flexibility index (Phi) is 5.67. The predicted octanol–water partition coefficient (Wildman–Crippen LogP) is 5.48. The fraction of sp³-hybridized carbons (Fsp3) is 0.107. The molecule has 6 heteroatoms. The molecule has 1 aliphatic heterocycles. The van der Waals surface area contributed by atoms with Gasteiger partial charge in [-0.3, -0.25) is 14.9 Å². The molecular weight excluding hydrogens is 426 g/mol. The number of nitriles is 1. The number of hydrogen-bond acceptors (Lipinski definition) is 4. The van der Waals surface area contributed by atoms with Crippen LogP contribution >= 0.6 is 0 Å². The highest BCUT2D eigenvalue weighted by Crippen LogP contribution is 2.41. The van der Waals surface area contributed by atoms with Crippen LogP contribution in [0, 0.1) is 17.2 Å². The SMILES string of the molecule is N#Cc1c(NC(=O)[C@@H]2CC(=O)N(c3ccccc3)C2)oc(-c2ccccc2)c1-c1ccccc1. The minimum Gasteiger partial charge on any atom is -0.438 e. The van der Waals surface area contributed by atoms with E-state index in [0.717, 1.165) is 16.8 Å². The Hall–Kier alpha value is -4.63. The zero-order valence-corrected chi connectivity index (χ0v) is 18.3.